The Labute approximate surface area is 147 Å². The lowest BCUT2D eigenvalue weighted by atomic mass is 10.2. The number of aryl methyl sites for hydroxylation is 1. The molecule has 1 aromatic heterocycles. The second kappa shape index (κ2) is 9.52. The number of thiazole rings is 1. The molecule has 2 aromatic rings. The van der Waals surface area contributed by atoms with Crippen molar-refractivity contribution in [1.82, 2.24) is 9.88 Å². The van der Waals surface area contributed by atoms with Crippen molar-refractivity contribution in [3.63, 3.8) is 0 Å². The van der Waals surface area contributed by atoms with Gasteiger partial charge in [0.1, 0.15) is 5.01 Å². The van der Waals surface area contributed by atoms with Gasteiger partial charge in [-0.1, -0.05) is 29.8 Å². The maximum absolute atomic E-state index is 12.5. The smallest absolute Gasteiger partial charge is 0.228 e. The number of carbonyl (C=O) groups excluding carboxylic acids is 1. The molecule has 1 amide bonds. The summed E-state index contributed by atoms with van der Waals surface area (Å²) in [5.74, 6) is 0.0462. The summed E-state index contributed by atoms with van der Waals surface area (Å²) >= 11 is 1.57. The van der Waals surface area contributed by atoms with Crippen molar-refractivity contribution < 1.29 is 14.3 Å². The zero-order valence-corrected chi connectivity index (χ0v) is 15.3. The van der Waals surface area contributed by atoms with Gasteiger partial charge in [0.2, 0.25) is 5.91 Å². The minimum absolute atomic E-state index is 0.0462. The molecule has 0 saturated heterocycles. The molecule has 1 aromatic carbocycles. The van der Waals surface area contributed by atoms with Crippen LogP contribution in [0.2, 0.25) is 0 Å². The second-order valence-corrected chi connectivity index (χ2v) is 6.41. The van der Waals surface area contributed by atoms with Crippen LogP contribution in [0.1, 0.15) is 11.3 Å². The number of rotatable bonds is 9. The van der Waals surface area contributed by atoms with Gasteiger partial charge in [0.25, 0.3) is 0 Å². The van der Waals surface area contributed by atoms with Gasteiger partial charge in [-0.3, -0.25) is 4.79 Å². The molecule has 0 spiro atoms. The van der Waals surface area contributed by atoms with Gasteiger partial charge in [0.05, 0.1) is 25.3 Å². The van der Waals surface area contributed by atoms with Crippen molar-refractivity contribution in [2.75, 3.05) is 40.5 Å². The molecule has 0 fully saturated rings. The van der Waals surface area contributed by atoms with Gasteiger partial charge in [-0.2, -0.15) is 0 Å². The minimum Gasteiger partial charge on any atom is -0.383 e. The highest BCUT2D eigenvalue weighted by Gasteiger charge is 2.15. The van der Waals surface area contributed by atoms with Crippen LogP contribution in [0.15, 0.2) is 29.6 Å². The van der Waals surface area contributed by atoms with E-state index in [1.807, 2.05) is 5.38 Å². The Morgan fingerprint density at radius 1 is 1.12 bits per heavy atom. The Morgan fingerprint density at radius 3 is 2.33 bits per heavy atom. The first-order valence-electron chi connectivity index (χ1n) is 7.91. The van der Waals surface area contributed by atoms with E-state index in [4.69, 9.17) is 9.47 Å². The molecular formula is C18H24N2O3S. The Balaban J connectivity index is 2.01. The lowest BCUT2D eigenvalue weighted by Crippen LogP contribution is -2.37. The molecule has 0 saturated carbocycles. The first-order chi connectivity index (χ1) is 11.6. The second-order valence-electron chi connectivity index (χ2n) is 5.55. The van der Waals surface area contributed by atoms with Crippen LogP contribution in [0.4, 0.5) is 0 Å². The van der Waals surface area contributed by atoms with Crippen molar-refractivity contribution >= 4 is 17.2 Å². The first kappa shape index (κ1) is 18.6. The van der Waals surface area contributed by atoms with Crippen LogP contribution in [0.3, 0.4) is 0 Å². The summed E-state index contributed by atoms with van der Waals surface area (Å²) in [6.07, 6.45) is 0.301. The predicted molar refractivity (Wildman–Crippen MR) is 96.3 cm³/mol. The predicted octanol–water partition coefficient (Wildman–Crippen LogP) is 2.78. The fourth-order valence-corrected chi connectivity index (χ4v) is 3.07. The van der Waals surface area contributed by atoms with Crippen LogP contribution in [0.25, 0.3) is 10.6 Å². The molecule has 0 aliphatic heterocycles. The van der Waals surface area contributed by atoms with E-state index in [-0.39, 0.29) is 5.91 Å². The molecule has 0 unspecified atom stereocenters. The van der Waals surface area contributed by atoms with E-state index in [0.29, 0.717) is 32.7 Å². The highest BCUT2D eigenvalue weighted by atomic mass is 32.1. The van der Waals surface area contributed by atoms with Crippen molar-refractivity contribution in [2.45, 2.75) is 13.3 Å². The molecule has 24 heavy (non-hydrogen) atoms. The Morgan fingerprint density at radius 2 is 1.75 bits per heavy atom. The van der Waals surface area contributed by atoms with Crippen molar-refractivity contribution in [1.29, 1.82) is 0 Å². The SMILES string of the molecule is COCCN(CCOC)C(=O)Cc1csc(-c2ccc(C)cc2)n1. The monoisotopic (exact) mass is 348 g/mol. The maximum atomic E-state index is 12.5. The number of methoxy groups -OCH3 is 2. The van der Waals surface area contributed by atoms with E-state index in [9.17, 15) is 4.79 Å². The van der Waals surface area contributed by atoms with Gasteiger partial charge in [0, 0.05) is 38.3 Å². The van der Waals surface area contributed by atoms with E-state index in [2.05, 4.69) is 36.2 Å². The molecule has 1 heterocycles. The number of ether oxygens (including phenoxy) is 2. The number of amides is 1. The number of carbonyl (C=O) groups is 1. The largest absolute Gasteiger partial charge is 0.383 e. The number of benzene rings is 1. The molecule has 6 heteroatoms. The molecule has 0 radical (unpaired) electrons. The third-order valence-electron chi connectivity index (χ3n) is 3.67. The molecule has 0 N–H and O–H groups in total. The molecule has 0 bridgehead atoms. The third-order valence-corrected chi connectivity index (χ3v) is 4.61. The number of hydrogen-bond donors (Lipinski definition) is 0. The molecule has 0 atom stereocenters. The summed E-state index contributed by atoms with van der Waals surface area (Å²) in [6.45, 7) is 4.22. The van der Waals surface area contributed by atoms with E-state index < -0.39 is 0 Å². The number of aromatic nitrogens is 1. The van der Waals surface area contributed by atoms with Crippen molar-refractivity contribution in [2.24, 2.45) is 0 Å². The van der Waals surface area contributed by atoms with E-state index >= 15 is 0 Å². The van der Waals surface area contributed by atoms with Gasteiger partial charge in [-0.15, -0.1) is 11.3 Å². The molecule has 0 aliphatic carbocycles. The van der Waals surface area contributed by atoms with Crippen LogP contribution >= 0.6 is 11.3 Å². The fraction of sp³-hybridized carbons (Fsp3) is 0.444. The summed E-state index contributed by atoms with van der Waals surface area (Å²) in [5, 5.41) is 2.90. The normalized spacial score (nSPS) is 10.8. The van der Waals surface area contributed by atoms with Crippen LogP contribution in [-0.2, 0) is 20.7 Å². The zero-order valence-electron chi connectivity index (χ0n) is 14.4. The fourth-order valence-electron chi connectivity index (χ4n) is 2.25. The Hall–Kier alpha value is -1.76. The average molecular weight is 348 g/mol. The Bertz CT molecular complexity index is 632. The Kier molecular flexibility index (Phi) is 7.36. The van der Waals surface area contributed by atoms with Crippen LogP contribution in [0.5, 0.6) is 0 Å². The van der Waals surface area contributed by atoms with Gasteiger partial charge < -0.3 is 14.4 Å². The van der Waals surface area contributed by atoms with Crippen LogP contribution < -0.4 is 0 Å². The maximum Gasteiger partial charge on any atom is 0.228 e. The standard InChI is InChI=1S/C18H24N2O3S/c1-14-4-6-15(7-5-14)18-19-16(13-24-18)12-17(21)20(8-10-22-2)9-11-23-3/h4-7,13H,8-12H2,1-3H3. The van der Waals surface area contributed by atoms with Gasteiger partial charge in [-0.05, 0) is 6.92 Å². The quantitative estimate of drug-likeness (QED) is 0.699. The lowest BCUT2D eigenvalue weighted by molar-refractivity contribution is -0.131. The van der Waals surface area contributed by atoms with Crippen molar-refractivity contribution in [3.05, 3.63) is 40.9 Å². The van der Waals surface area contributed by atoms with Gasteiger partial charge in [0.15, 0.2) is 0 Å². The lowest BCUT2D eigenvalue weighted by Gasteiger charge is -2.21. The average Bonchev–Trinajstić information content (AvgIpc) is 3.04. The summed E-state index contributed by atoms with van der Waals surface area (Å²) in [5.41, 5.74) is 3.11. The minimum atomic E-state index is 0.0462. The van der Waals surface area contributed by atoms with Crippen molar-refractivity contribution in [3.8, 4) is 10.6 Å². The molecule has 130 valence electrons. The third kappa shape index (κ3) is 5.40. The summed E-state index contributed by atoms with van der Waals surface area (Å²) < 4.78 is 10.2. The van der Waals surface area contributed by atoms with Gasteiger partial charge in [-0.25, -0.2) is 4.98 Å². The highest BCUT2D eigenvalue weighted by Crippen LogP contribution is 2.24. The summed E-state index contributed by atoms with van der Waals surface area (Å²) in [4.78, 5) is 18.9. The number of hydrogen-bond acceptors (Lipinski definition) is 5. The topological polar surface area (TPSA) is 51.7 Å². The van der Waals surface area contributed by atoms with Crippen LogP contribution in [-0.4, -0.2) is 56.3 Å². The van der Waals surface area contributed by atoms with E-state index in [1.54, 1.807) is 30.5 Å². The first-order valence-corrected chi connectivity index (χ1v) is 8.79. The molecule has 2 rings (SSSR count). The summed E-state index contributed by atoms with van der Waals surface area (Å²) in [7, 11) is 3.26. The highest BCUT2D eigenvalue weighted by molar-refractivity contribution is 7.13. The van der Waals surface area contributed by atoms with E-state index in [0.717, 1.165) is 16.3 Å². The number of nitrogens with zero attached hydrogens (tertiary/aromatic N) is 2. The molecular weight excluding hydrogens is 324 g/mol. The van der Waals surface area contributed by atoms with Gasteiger partial charge >= 0.3 is 0 Å². The van der Waals surface area contributed by atoms with Crippen LogP contribution in [0, 0.1) is 6.92 Å². The molecule has 0 aliphatic rings. The zero-order chi connectivity index (χ0) is 17.4. The van der Waals surface area contributed by atoms with E-state index in [1.165, 1.54) is 5.56 Å². The summed E-state index contributed by atoms with van der Waals surface area (Å²) in [6, 6.07) is 8.25. The molecule has 5 nitrogen and oxygen atoms in total.